The maximum absolute atomic E-state index is 5.73. The molecule has 0 aliphatic carbocycles. The zero-order valence-electron chi connectivity index (χ0n) is 11.6. The van der Waals surface area contributed by atoms with Gasteiger partial charge in [0.05, 0.1) is 0 Å². The minimum atomic E-state index is 0.107. The average molecular weight is 296 g/mol. The van der Waals surface area contributed by atoms with Crippen molar-refractivity contribution in [3.8, 4) is 0 Å². The SMILES string of the molecule is S=C1N(c2ccccc2)C(c2cccnc2)N2CCCN12. The van der Waals surface area contributed by atoms with Crippen molar-refractivity contribution in [1.29, 1.82) is 0 Å². The smallest absolute Gasteiger partial charge is 0.192 e. The summed E-state index contributed by atoms with van der Waals surface area (Å²) < 4.78 is 0. The molecule has 2 aliphatic rings. The highest BCUT2D eigenvalue weighted by atomic mass is 32.1. The Morgan fingerprint density at radius 3 is 2.67 bits per heavy atom. The Labute approximate surface area is 129 Å². The lowest BCUT2D eigenvalue weighted by Crippen LogP contribution is -2.32. The standard InChI is InChI=1S/C16H16N4S/c21-16-19-11-5-10-18(19)15(13-6-4-9-17-12-13)20(16)14-7-2-1-3-8-14/h1-4,6-9,12,15H,5,10-11H2. The van der Waals surface area contributed by atoms with Crippen LogP contribution in [0.3, 0.4) is 0 Å². The van der Waals surface area contributed by atoms with Gasteiger partial charge in [-0.2, -0.15) is 5.01 Å². The Kier molecular flexibility index (Phi) is 3.09. The highest BCUT2D eigenvalue weighted by molar-refractivity contribution is 7.80. The minimum absolute atomic E-state index is 0.107. The Bertz CT molecular complexity index is 646. The molecule has 21 heavy (non-hydrogen) atoms. The quantitative estimate of drug-likeness (QED) is 0.793. The molecule has 2 aromatic rings. The molecule has 0 amide bonds. The fraction of sp³-hybridized carbons (Fsp3) is 0.250. The normalized spacial score (nSPS) is 21.9. The summed E-state index contributed by atoms with van der Waals surface area (Å²) in [5.74, 6) is 0. The summed E-state index contributed by atoms with van der Waals surface area (Å²) in [6.45, 7) is 2.03. The number of thiocarbonyl (C=S) groups is 1. The van der Waals surface area contributed by atoms with E-state index in [4.69, 9.17) is 12.2 Å². The zero-order valence-corrected chi connectivity index (χ0v) is 12.4. The second-order valence-corrected chi connectivity index (χ2v) is 5.65. The molecule has 0 spiro atoms. The molecule has 4 nitrogen and oxygen atoms in total. The highest BCUT2D eigenvalue weighted by Gasteiger charge is 2.45. The zero-order chi connectivity index (χ0) is 14.2. The van der Waals surface area contributed by atoms with Crippen LogP contribution in [0, 0.1) is 0 Å². The van der Waals surface area contributed by atoms with Gasteiger partial charge < -0.3 is 0 Å². The summed E-state index contributed by atoms with van der Waals surface area (Å²) in [7, 11) is 0. The molecule has 2 saturated heterocycles. The molecular formula is C16H16N4S. The van der Waals surface area contributed by atoms with E-state index in [1.165, 1.54) is 5.56 Å². The summed E-state index contributed by atoms with van der Waals surface area (Å²) in [4.78, 5) is 6.51. The summed E-state index contributed by atoms with van der Waals surface area (Å²) in [6.07, 6.45) is 5.01. The molecule has 1 unspecified atom stereocenters. The monoisotopic (exact) mass is 296 g/mol. The van der Waals surface area contributed by atoms with Gasteiger partial charge >= 0.3 is 0 Å². The number of aromatic nitrogens is 1. The molecule has 4 rings (SSSR count). The van der Waals surface area contributed by atoms with Crippen LogP contribution < -0.4 is 4.90 Å². The first-order chi connectivity index (χ1) is 10.4. The third-order valence-corrected chi connectivity index (χ3v) is 4.45. The van der Waals surface area contributed by atoms with Crippen molar-refractivity contribution in [3.05, 3.63) is 60.4 Å². The fourth-order valence-corrected chi connectivity index (χ4v) is 3.55. The lowest BCUT2D eigenvalue weighted by atomic mass is 10.2. The van der Waals surface area contributed by atoms with Gasteiger partial charge in [0.15, 0.2) is 5.11 Å². The number of benzene rings is 1. The van der Waals surface area contributed by atoms with Gasteiger partial charge in [0.1, 0.15) is 6.17 Å². The first-order valence-corrected chi connectivity index (χ1v) is 7.59. The van der Waals surface area contributed by atoms with Crippen LogP contribution in [0.15, 0.2) is 54.9 Å². The topological polar surface area (TPSA) is 22.6 Å². The Balaban J connectivity index is 1.81. The number of rotatable bonds is 2. The van der Waals surface area contributed by atoms with Crippen molar-refractivity contribution < 1.29 is 0 Å². The maximum atomic E-state index is 5.73. The van der Waals surface area contributed by atoms with Gasteiger partial charge in [-0.1, -0.05) is 24.3 Å². The first kappa shape index (κ1) is 12.7. The van der Waals surface area contributed by atoms with Crippen LogP contribution in [0.2, 0.25) is 0 Å². The fourth-order valence-electron chi connectivity index (χ4n) is 3.14. The predicted molar refractivity (Wildman–Crippen MR) is 86.5 cm³/mol. The van der Waals surface area contributed by atoms with Crippen LogP contribution in [0.4, 0.5) is 5.69 Å². The van der Waals surface area contributed by atoms with Gasteiger partial charge in [-0.05, 0) is 36.8 Å². The van der Waals surface area contributed by atoms with Crippen LogP contribution in [0.5, 0.6) is 0 Å². The van der Waals surface area contributed by atoms with E-state index < -0.39 is 0 Å². The van der Waals surface area contributed by atoms with Crippen molar-refractivity contribution in [2.45, 2.75) is 12.6 Å². The molecule has 1 aromatic heterocycles. The van der Waals surface area contributed by atoms with Crippen LogP contribution in [0.1, 0.15) is 18.2 Å². The average Bonchev–Trinajstić information content (AvgIpc) is 3.11. The highest BCUT2D eigenvalue weighted by Crippen LogP contribution is 2.39. The van der Waals surface area contributed by atoms with Gasteiger partial charge in [-0.25, -0.2) is 0 Å². The van der Waals surface area contributed by atoms with E-state index in [9.17, 15) is 0 Å². The van der Waals surface area contributed by atoms with Gasteiger partial charge in [0.2, 0.25) is 0 Å². The molecule has 5 heteroatoms. The van der Waals surface area contributed by atoms with Crippen molar-refractivity contribution in [2.24, 2.45) is 0 Å². The van der Waals surface area contributed by atoms with Gasteiger partial charge in [-0.15, -0.1) is 0 Å². The molecule has 1 atom stereocenters. The number of hydrogen-bond donors (Lipinski definition) is 0. The molecule has 1 aromatic carbocycles. The van der Waals surface area contributed by atoms with E-state index in [-0.39, 0.29) is 6.17 Å². The number of anilines is 1. The second kappa shape index (κ2) is 5.09. The summed E-state index contributed by atoms with van der Waals surface area (Å²) in [5, 5.41) is 5.46. The number of hydrazine groups is 1. The third kappa shape index (κ3) is 2.01. The molecule has 0 N–H and O–H groups in total. The third-order valence-electron chi connectivity index (χ3n) is 4.04. The van der Waals surface area contributed by atoms with Gasteiger partial charge in [0.25, 0.3) is 0 Å². The molecule has 0 radical (unpaired) electrons. The maximum Gasteiger partial charge on any atom is 0.192 e. The number of nitrogens with zero attached hydrogens (tertiary/aromatic N) is 4. The van der Waals surface area contributed by atoms with Crippen LogP contribution in [0.25, 0.3) is 0 Å². The number of fused-ring (bicyclic) bond motifs is 1. The van der Waals surface area contributed by atoms with Crippen LogP contribution >= 0.6 is 12.2 Å². The summed E-state index contributed by atoms with van der Waals surface area (Å²) >= 11 is 5.73. The van der Waals surface area contributed by atoms with E-state index in [1.807, 2.05) is 24.5 Å². The molecule has 2 aliphatic heterocycles. The van der Waals surface area contributed by atoms with Crippen molar-refractivity contribution >= 4 is 23.0 Å². The van der Waals surface area contributed by atoms with Crippen LogP contribution in [-0.2, 0) is 0 Å². The molecule has 2 fully saturated rings. The Morgan fingerprint density at radius 1 is 1.05 bits per heavy atom. The number of pyridine rings is 1. The molecule has 3 heterocycles. The van der Waals surface area contributed by atoms with E-state index in [2.05, 4.69) is 50.2 Å². The number of para-hydroxylation sites is 1. The Morgan fingerprint density at radius 2 is 1.90 bits per heavy atom. The van der Waals surface area contributed by atoms with Crippen molar-refractivity contribution in [3.63, 3.8) is 0 Å². The predicted octanol–water partition coefficient (Wildman–Crippen LogP) is 2.81. The molecule has 0 bridgehead atoms. The number of hydrogen-bond acceptors (Lipinski definition) is 3. The molecule has 0 saturated carbocycles. The molecular weight excluding hydrogens is 280 g/mol. The van der Waals surface area contributed by atoms with Crippen LogP contribution in [-0.4, -0.2) is 33.2 Å². The summed E-state index contributed by atoms with van der Waals surface area (Å²) in [6, 6.07) is 14.5. The second-order valence-electron chi connectivity index (χ2n) is 5.29. The van der Waals surface area contributed by atoms with E-state index in [0.717, 1.165) is 30.3 Å². The van der Waals surface area contributed by atoms with Gasteiger partial charge in [-0.3, -0.25) is 14.9 Å². The van der Waals surface area contributed by atoms with Gasteiger partial charge in [0, 0.05) is 36.7 Å². The largest absolute Gasteiger partial charge is 0.296 e. The van der Waals surface area contributed by atoms with E-state index >= 15 is 0 Å². The Hall–Kier alpha value is -1.98. The lowest BCUT2D eigenvalue weighted by Gasteiger charge is -2.28. The summed E-state index contributed by atoms with van der Waals surface area (Å²) in [5.41, 5.74) is 2.30. The molecule has 106 valence electrons. The van der Waals surface area contributed by atoms with Crippen molar-refractivity contribution in [1.82, 2.24) is 15.0 Å². The van der Waals surface area contributed by atoms with E-state index in [1.54, 1.807) is 0 Å². The lowest BCUT2D eigenvalue weighted by molar-refractivity contribution is 0.0921. The van der Waals surface area contributed by atoms with Crippen molar-refractivity contribution in [2.75, 3.05) is 18.0 Å². The minimum Gasteiger partial charge on any atom is -0.296 e. The first-order valence-electron chi connectivity index (χ1n) is 7.18. The van der Waals surface area contributed by atoms with E-state index in [0.29, 0.717) is 0 Å².